The van der Waals surface area contributed by atoms with Gasteiger partial charge in [-0.15, -0.1) is 11.8 Å². The van der Waals surface area contributed by atoms with E-state index in [1.54, 1.807) is 13.8 Å². The summed E-state index contributed by atoms with van der Waals surface area (Å²) >= 11 is 1.47. The molecule has 1 aliphatic rings. The van der Waals surface area contributed by atoms with E-state index < -0.39 is 10.0 Å². The lowest BCUT2D eigenvalue weighted by atomic mass is 10.1. The van der Waals surface area contributed by atoms with E-state index >= 15 is 0 Å². The van der Waals surface area contributed by atoms with Gasteiger partial charge in [0.15, 0.2) is 0 Å². The molecule has 27 heavy (non-hydrogen) atoms. The van der Waals surface area contributed by atoms with E-state index in [1.165, 1.54) is 34.3 Å². The number of nitrogens with one attached hydrogen (secondary N) is 1. The first-order valence-corrected chi connectivity index (χ1v) is 11.1. The highest BCUT2D eigenvalue weighted by Crippen LogP contribution is 2.38. The lowest BCUT2D eigenvalue weighted by Gasteiger charge is -2.19. The Kier molecular flexibility index (Phi) is 5.78. The largest absolute Gasteiger partial charge is 0.506 e. The zero-order valence-corrected chi connectivity index (χ0v) is 16.8. The topological polar surface area (TPSA) is 86.7 Å². The van der Waals surface area contributed by atoms with Gasteiger partial charge >= 0.3 is 0 Å². The van der Waals surface area contributed by atoms with E-state index in [4.69, 9.17) is 0 Å². The average molecular weight is 407 g/mol. The standard InChI is InChI=1S/C19H22N2O4S2/c1-3-21(4-2)27(24,25)14-9-10-16(22)15(12-14)20-19(23)18-11-13-7-5-6-8-17(13)26-18/h5-10,12,18,22H,3-4,11H2,1-2H3,(H,20,23). The molecule has 2 N–H and O–H groups in total. The van der Waals surface area contributed by atoms with E-state index in [0.29, 0.717) is 19.5 Å². The summed E-state index contributed by atoms with van der Waals surface area (Å²) in [6.45, 7) is 4.22. The van der Waals surface area contributed by atoms with Crippen molar-refractivity contribution in [2.75, 3.05) is 18.4 Å². The van der Waals surface area contributed by atoms with Crippen LogP contribution < -0.4 is 5.32 Å². The Morgan fingerprint density at radius 1 is 1.22 bits per heavy atom. The quantitative estimate of drug-likeness (QED) is 0.720. The van der Waals surface area contributed by atoms with Gasteiger partial charge in [0.2, 0.25) is 15.9 Å². The van der Waals surface area contributed by atoms with Crippen molar-refractivity contribution in [1.29, 1.82) is 0 Å². The van der Waals surface area contributed by atoms with Crippen molar-refractivity contribution in [2.24, 2.45) is 0 Å². The van der Waals surface area contributed by atoms with Gasteiger partial charge in [0.25, 0.3) is 0 Å². The predicted molar refractivity (Wildman–Crippen MR) is 107 cm³/mol. The van der Waals surface area contributed by atoms with E-state index in [9.17, 15) is 18.3 Å². The zero-order valence-electron chi connectivity index (χ0n) is 15.2. The number of phenolic OH excluding ortho intramolecular Hbond substituents is 1. The Morgan fingerprint density at radius 2 is 1.93 bits per heavy atom. The van der Waals surface area contributed by atoms with E-state index in [2.05, 4.69) is 5.32 Å². The zero-order chi connectivity index (χ0) is 19.6. The molecule has 1 atom stereocenters. The van der Waals surface area contributed by atoms with Crippen LogP contribution in [0.15, 0.2) is 52.3 Å². The summed E-state index contributed by atoms with van der Waals surface area (Å²) in [5, 5.41) is 12.5. The first-order valence-electron chi connectivity index (χ1n) is 8.75. The molecule has 1 amide bonds. The number of hydrogen-bond donors (Lipinski definition) is 2. The fourth-order valence-corrected chi connectivity index (χ4v) is 5.71. The second-order valence-corrected chi connectivity index (χ2v) is 9.36. The highest BCUT2D eigenvalue weighted by atomic mass is 32.2. The number of carbonyl (C=O) groups is 1. The van der Waals surface area contributed by atoms with Crippen molar-refractivity contribution >= 4 is 33.4 Å². The minimum Gasteiger partial charge on any atom is -0.506 e. The van der Waals surface area contributed by atoms with Gasteiger partial charge in [-0.3, -0.25) is 4.79 Å². The van der Waals surface area contributed by atoms with Crippen LogP contribution in [0.1, 0.15) is 19.4 Å². The van der Waals surface area contributed by atoms with Gasteiger partial charge in [0, 0.05) is 18.0 Å². The normalized spacial score (nSPS) is 16.3. The lowest BCUT2D eigenvalue weighted by Crippen LogP contribution is -2.30. The number of fused-ring (bicyclic) bond motifs is 1. The number of thioether (sulfide) groups is 1. The summed E-state index contributed by atoms with van der Waals surface area (Å²) in [7, 11) is -3.67. The number of rotatable bonds is 6. The third kappa shape index (κ3) is 3.97. The summed E-state index contributed by atoms with van der Waals surface area (Å²) in [4.78, 5) is 13.8. The van der Waals surface area contributed by atoms with Crippen LogP contribution in [-0.4, -0.2) is 42.1 Å². The van der Waals surface area contributed by atoms with E-state index in [-0.39, 0.29) is 27.5 Å². The summed E-state index contributed by atoms with van der Waals surface area (Å²) in [5.41, 5.74) is 1.22. The molecule has 0 radical (unpaired) electrons. The van der Waals surface area contributed by atoms with Crippen molar-refractivity contribution < 1.29 is 18.3 Å². The molecule has 2 aromatic carbocycles. The van der Waals surface area contributed by atoms with Crippen molar-refractivity contribution in [3.05, 3.63) is 48.0 Å². The molecule has 0 saturated carbocycles. The molecular weight excluding hydrogens is 384 g/mol. The molecule has 0 aromatic heterocycles. The Morgan fingerprint density at radius 3 is 2.59 bits per heavy atom. The number of amides is 1. The number of sulfonamides is 1. The Hall–Kier alpha value is -2.03. The molecule has 1 unspecified atom stereocenters. The molecule has 0 saturated heterocycles. The predicted octanol–water partition coefficient (Wildman–Crippen LogP) is 3.08. The van der Waals surface area contributed by atoms with Crippen LogP contribution in [0.2, 0.25) is 0 Å². The molecule has 1 heterocycles. The molecular formula is C19H22N2O4S2. The molecule has 1 aliphatic heterocycles. The maximum atomic E-state index is 12.7. The minimum absolute atomic E-state index is 0.0432. The number of nitrogens with zero attached hydrogens (tertiary/aromatic N) is 1. The number of aromatic hydroxyl groups is 1. The number of hydrogen-bond acceptors (Lipinski definition) is 5. The molecule has 144 valence electrons. The second kappa shape index (κ2) is 7.92. The van der Waals surface area contributed by atoms with Gasteiger partial charge < -0.3 is 10.4 Å². The molecule has 8 heteroatoms. The van der Waals surface area contributed by atoms with Gasteiger partial charge in [-0.25, -0.2) is 8.42 Å². The van der Waals surface area contributed by atoms with Crippen LogP contribution in [0.5, 0.6) is 5.75 Å². The maximum absolute atomic E-state index is 12.7. The monoisotopic (exact) mass is 406 g/mol. The lowest BCUT2D eigenvalue weighted by molar-refractivity contribution is -0.115. The van der Waals surface area contributed by atoms with Crippen molar-refractivity contribution in [2.45, 2.75) is 35.3 Å². The van der Waals surface area contributed by atoms with Crippen LogP contribution in [0.3, 0.4) is 0 Å². The molecule has 0 fully saturated rings. The van der Waals surface area contributed by atoms with E-state index in [0.717, 1.165) is 10.5 Å². The third-order valence-corrected chi connectivity index (χ3v) is 7.87. The second-order valence-electron chi connectivity index (χ2n) is 6.18. The number of benzene rings is 2. The number of phenols is 1. The smallest absolute Gasteiger partial charge is 0.243 e. The molecule has 0 aliphatic carbocycles. The van der Waals surface area contributed by atoms with Gasteiger partial charge in [-0.05, 0) is 36.2 Å². The van der Waals surface area contributed by atoms with Crippen LogP contribution in [0, 0.1) is 0 Å². The van der Waals surface area contributed by atoms with Gasteiger partial charge in [0.05, 0.1) is 15.8 Å². The highest BCUT2D eigenvalue weighted by molar-refractivity contribution is 8.01. The average Bonchev–Trinajstić information content (AvgIpc) is 3.08. The van der Waals surface area contributed by atoms with Gasteiger partial charge in [-0.2, -0.15) is 4.31 Å². The van der Waals surface area contributed by atoms with Gasteiger partial charge in [-0.1, -0.05) is 32.0 Å². The first kappa shape index (κ1) is 19.7. The summed E-state index contributed by atoms with van der Waals surface area (Å²) in [5.74, 6) is -0.425. The van der Waals surface area contributed by atoms with Crippen LogP contribution in [0.4, 0.5) is 5.69 Å². The van der Waals surface area contributed by atoms with Crippen molar-refractivity contribution in [3.8, 4) is 5.75 Å². The fourth-order valence-electron chi connectivity index (χ4n) is 3.03. The van der Waals surface area contributed by atoms with Crippen LogP contribution >= 0.6 is 11.8 Å². The highest BCUT2D eigenvalue weighted by Gasteiger charge is 2.29. The first-order chi connectivity index (χ1) is 12.9. The van der Waals surface area contributed by atoms with Gasteiger partial charge in [0.1, 0.15) is 5.75 Å². The van der Waals surface area contributed by atoms with Crippen molar-refractivity contribution in [1.82, 2.24) is 4.31 Å². The molecule has 2 aromatic rings. The Balaban J connectivity index is 1.81. The van der Waals surface area contributed by atoms with Crippen LogP contribution in [0.25, 0.3) is 0 Å². The van der Waals surface area contributed by atoms with E-state index in [1.807, 2.05) is 24.3 Å². The summed E-state index contributed by atoms with van der Waals surface area (Å²) in [6.07, 6.45) is 0.602. The molecule has 3 rings (SSSR count). The fraction of sp³-hybridized carbons (Fsp3) is 0.316. The maximum Gasteiger partial charge on any atom is 0.243 e. The number of anilines is 1. The Labute approximate surface area is 163 Å². The summed E-state index contributed by atoms with van der Waals surface area (Å²) in [6, 6.07) is 11.8. The minimum atomic E-state index is -3.67. The Bertz CT molecular complexity index is 931. The molecule has 6 nitrogen and oxygen atoms in total. The SMILES string of the molecule is CCN(CC)S(=O)(=O)c1ccc(O)c(NC(=O)C2Cc3ccccc3S2)c1. The van der Waals surface area contributed by atoms with Crippen molar-refractivity contribution in [3.63, 3.8) is 0 Å². The molecule has 0 spiro atoms. The number of carbonyl (C=O) groups excluding carboxylic acids is 1. The third-order valence-electron chi connectivity index (χ3n) is 4.51. The van der Waals surface area contributed by atoms with Crippen LogP contribution in [-0.2, 0) is 21.2 Å². The summed E-state index contributed by atoms with van der Waals surface area (Å²) < 4.78 is 26.7. The molecule has 0 bridgehead atoms.